The monoisotopic (exact) mass is 482 g/mol. The molecule has 3 atom stereocenters. The summed E-state index contributed by atoms with van der Waals surface area (Å²) in [5, 5.41) is 0. The Balaban J connectivity index is 1.44. The Labute approximate surface area is 200 Å². The molecule has 5 rings (SSSR count). The Morgan fingerprint density at radius 1 is 1.11 bits per heavy atom. The molecule has 2 aromatic heterocycles. The molecule has 3 aromatic rings. The molecule has 182 valence electrons. The Morgan fingerprint density at radius 3 is 2.60 bits per heavy atom. The summed E-state index contributed by atoms with van der Waals surface area (Å²) in [5.41, 5.74) is 1.56. The highest BCUT2D eigenvalue weighted by Crippen LogP contribution is 2.43. The van der Waals surface area contributed by atoms with E-state index in [1.807, 2.05) is 13.8 Å². The van der Waals surface area contributed by atoms with Gasteiger partial charge in [-0.2, -0.15) is 4.98 Å². The van der Waals surface area contributed by atoms with Crippen molar-refractivity contribution in [3.05, 3.63) is 57.8 Å². The fraction of sp³-hybridized carbons (Fsp3) is 0.417. The van der Waals surface area contributed by atoms with E-state index >= 15 is 0 Å². The first-order chi connectivity index (χ1) is 16.6. The van der Waals surface area contributed by atoms with Gasteiger partial charge in [0.05, 0.1) is 5.52 Å². The maximum Gasteiger partial charge on any atom is 0.586 e. The Morgan fingerprint density at radius 2 is 1.86 bits per heavy atom. The average molecular weight is 482 g/mol. The number of aromatic nitrogens is 3. The van der Waals surface area contributed by atoms with Gasteiger partial charge in [-0.25, -0.2) is 4.79 Å². The van der Waals surface area contributed by atoms with E-state index in [1.54, 1.807) is 31.3 Å². The maximum atomic E-state index is 13.4. The van der Waals surface area contributed by atoms with Crippen LogP contribution in [0.25, 0.3) is 15.9 Å². The molecule has 2 aliphatic heterocycles. The number of hydrogen-bond donors (Lipinski definition) is 0. The van der Waals surface area contributed by atoms with Crippen molar-refractivity contribution in [1.29, 1.82) is 0 Å². The number of halogens is 2. The van der Waals surface area contributed by atoms with Gasteiger partial charge in [-0.05, 0) is 50.6 Å². The number of aryl methyl sites for hydroxylation is 1. The maximum absolute atomic E-state index is 13.4. The van der Waals surface area contributed by atoms with Crippen LogP contribution in [0.1, 0.15) is 32.4 Å². The van der Waals surface area contributed by atoms with Crippen LogP contribution < -0.4 is 20.1 Å². The van der Waals surface area contributed by atoms with E-state index in [2.05, 4.69) is 41.0 Å². The summed E-state index contributed by atoms with van der Waals surface area (Å²) < 4.78 is 37.4. The predicted molar refractivity (Wildman–Crippen MR) is 125 cm³/mol. The van der Waals surface area contributed by atoms with Crippen LogP contribution in [0, 0.1) is 6.57 Å². The van der Waals surface area contributed by atoms with Crippen LogP contribution in [0.3, 0.4) is 0 Å². The molecule has 1 saturated heterocycles. The van der Waals surface area contributed by atoms with Crippen LogP contribution in [0.2, 0.25) is 0 Å². The van der Waals surface area contributed by atoms with E-state index in [0.29, 0.717) is 29.9 Å². The first-order valence-corrected chi connectivity index (χ1v) is 11.3. The molecule has 4 heterocycles. The van der Waals surface area contributed by atoms with Crippen molar-refractivity contribution >= 4 is 22.7 Å². The fourth-order valence-corrected chi connectivity index (χ4v) is 4.87. The summed E-state index contributed by atoms with van der Waals surface area (Å²) in [6.07, 6.45) is -3.65. The molecule has 0 N–H and O–H groups in total. The number of ether oxygens (including phenoxy) is 2. The lowest BCUT2D eigenvalue weighted by molar-refractivity contribution is -0.286. The van der Waals surface area contributed by atoms with Crippen LogP contribution in [0.15, 0.2) is 35.1 Å². The standard InChI is InChI=1S/C24H24F2N6O3/c1-13-12-32(22-21-17(30(5)23(33)29-22)7-9-20(27-4)28-21)14(2)11-31(13)15(3)16-6-8-18-19(10-16)35-24(25,26)34-18/h6-10,13-15H,11-12H2,1-3,5H3/t13-,14+,15?/m1/s1. The van der Waals surface area contributed by atoms with E-state index in [1.165, 1.54) is 10.6 Å². The van der Waals surface area contributed by atoms with Gasteiger partial charge in [0.25, 0.3) is 5.82 Å². The minimum Gasteiger partial charge on any atom is -0.395 e. The summed E-state index contributed by atoms with van der Waals surface area (Å²) in [5.74, 6) is 0.745. The molecular weight excluding hydrogens is 458 g/mol. The third-order valence-electron chi connectivity index (χ3n) is 6.75. The summed E-state index contributed by atoms with van der Waals surface area (Å²) in [4.78, 5) is 29.1. The first kappa shape index (κ1) is 23.0. The van der Waals surface area contributed by atoms with Gasteiger partial charge in [-0.3, -0.25) is 9.47 Å². The quantitative estimate of drug-likeness (QED) is 0.525. The van der Waals surface area contributed by atoms with E-state index in [4.69, 9.17) is 6.57 Å². The zero-order valence-corrected chi connectivity index (χ0v) is 19.7. The molecule has 1 fully saturated rings. The van der Waals surface area contributed by atoms with Crippen molar-refractivity contribution < 1.29 is 18.3 Å². The smallest absolute Gasteiger partial charge is 0.395 e. The van der Waals surface area contributed by atoms with Gasteiger partial charge < -0.3 is 19.2 Å². The molecule has 0 radical (unpaired) electrons. The molecule has 1 aromatic carbocycles. The van der Waals surface area contributed by atoms with Gasteiger partial charge in [0, 0.05) is 38.3 Å². The Kier molecular flexibility index (Phi) is 5.36. The number of pyridine rings is 1. The molecule has 0 spiro atoms. The minimum absolute atomic E-state index is 0.0204. The van der Waals surface area contributed by atoms with Crippen LogP contribution in [0.5, 0.6) is 11.5 Å². The summed E-state index contributed by atoms with van der Waals surface area (Å²) in [6.45, 7) is 14.6. The lowest BCUT2D eigenvalue weighted by Crippen LogP contribution is -2.57. The van der Waals surface area contributed by atoms with Crippen LogP contribution in [-0.4, -0.2) is 50.9 Å². The number of anilines is 1. The number of piperazine rings is 1. The van der Waals surface area contributed by atoms with E-state index in [0.717, 1.165) is 5.56 Å². The molecule has 0 aliphatic carbocycles. The van der Waals surface area contributed by atoms with Crippen molar-refractivity contribution in [2.45, 2.75) is 45.2 Å². The molecule has 1 unspecified atom stereocenters. The average Bonchev–Trinajstić information content (AvgIpc) is 3.14. The number of nitrogens with zero attached hydrogens (tertiary/aromatic N) is 6. The fourth-order valence-electron chi connectivity index (χ4n) is 4.87. The SMILES string of the molecule is [C-]#[N+]c1ccc2c(n1)c(N1C[C@@H](C)N(C(C)c3ccc4c(c3)OC(F)(F)O4)C[C@@H]1C)nc(=O)n2C. The first-order valence-electron chi connectivity index (χ1n) is 11.3. The van der Waals surface area contributed by atoms with Crippen LogP contribution in [-0.2, 0) is 7.05 Å². The van der Waals surface area contributed by atoms with Crippen molar-refractivity contribution in [2.75, 3.05) is 18.0 Å². The molecule has 35 heavy (non-hydrogen) atoms. The number of fused-ring (bicyclic) bond motifs is 2. The van der Waals surface area contributed by atoms with E-state index in [9.17, 15) is 13.6 Å². The Hall–Kier alpha value is -3.78. The molecular formula is C24H24F2N6O3. The predicted octanol–water partition coefficient (Wildman–Crippen LogP) is 3.86. The molecule has 0 amide bonds. The molecule has 11 heteroatoms. The Bertz CT molecular complexity index is 1420. The minimum atomic E-state index is -3.65. The lowest BCUT2D eigenvalue weighted by Gasteiger charge is -2.47. The molecule has 0 saturated carbocycles. The number of hydrogen-bond acceptors (Lipinski definition) is 7. The zero-order chi connectivity index (χ0) is 25.1. The normalized spacial score (nSPS) is 22.3. The molecule has 0 bridgehead atoms. The summed E-state index contributed by atoms with van der Waals surface area (Å²) >= 11 is 0. The van der Waals surface area contributed by atoms with Gasteiger partial charge >= 0.3 is 12.0 Å². The third-order valence-corrected chi connectivity index (χ3v) is 6.75. The van der Waals surface area contributed by atoms with E-state index in [-0.39, 0.29) is 35.4 Å². The highest BCUT2D eigenvalue weighted by atomic mass is 19.3. The van der Waals surface area contributed by atoms with Crippen molar-refractivity contribution in [2.24, 2.45) is 7.05 Å². The number of alkyl halides is 2. The van der Waals surface area contributed by atoms with Gasteiger partial charge in [0.15, 0.2) is 17.3 Å². The number of rotatable bonds is 3. The van der Waals surface area contributed by atoms with E-state index < -0.39 is 12.0 Å². The zero-order valence-electron chi connectivity index (χ0n) is 19.7. The van der Waals surface area contributed by atoms with Crippen molar-refractivity contribution in [1.82, 2.24) is 19.4 Å². The highest BCUT2D eigenvalue weighted by molar-refractivity contribution is 5.87. The highest BCUT2D eigenvalue weighted by Gasteiger charge is 2.44. The second kappa shape index (κ2) is 8.16. The van der Waals surface area contributed by atoms with Gasteiger partial charge in [0.2, 0.25) is 5.52 Å². The third kappa shape index (κ3) is 3.93. The molecule has 2 aliphatic rings. The van der Waals surface area contributed by atoms with Crippen LogP contribution in [0.4, 0.5) is 20.4 Å². The second-order valence-electron chi connectivity index (χ2n) is 9.02. The second-order valence-corrected chi connectivity index (χ2v) is 9.02. The number of benzene rings is 1. The molecule has 9 nitrogen and oxygen atoms in total. The summed E-state index contributed by atoms with van der Waals surface area (Å²) in [6, 6.07) is 8.09. The lowest BCUT2D eigenvalue weighted by atomic mass is 10.0. The van der Waals surface area contributed by atoms with Gasteiger partial charge in [0.1, 0.15) is 0 Å². The largest absolute Gasteiger partial charge is 0.586 e. The van der Waals surface area contributed by atoms with Gasteiger partial charge in [-0.1, -0.05) is 12.6 Å². The van der Waals surface area contributed by atoms with Crippen molar-refractivity contribution in [3.63, 3.8) is 0 Å². The van der Waals surface area contributed by atoms with Gasteiger partial charge in [-0.15, -0.1) is 13.8 Å². The van der Waals surface area contributed by atoms with Crippen LogP contribution >= 0.6 is 0 Å². The topological polar surface area (TPSA) is 77.1 Å². The summed E-state index contributed by atoms with van der Waals surface area (Å²) in [7, 11) is 1.63. The van der Waals surface area contributed by atoms with Crippen molar-refractivity contribution in [3.8, 4) is 11.5 Å².